The first kappa shape index (κ1) is 16.4. The molecule has 1 fully saturated rings. The summed E-state index contributed by atoms with van der Waals surface area (Å²) >= 11 is 0. The quantitative estimate of drug-likeness (QED) is 0.596. The van der Waals surface area contributed by atoms with Crippen molar-refractivity contribution < 1.29 is 14.3 Å². The van der Waals surface area contributed by atoms with Crippen molar-refractivity contribution in [2.24, 2.45) is 0 Å². The van der Waals surface area contributed by atoms with Crippen molar-refractivity contribution in [3.8, 4) is 0 Å². The Balaban J connectivity index is 2.60. The second-order valence-corrected chi connectivity index (χ2v) is 6.10. The van der Waals surface area contributed by atoms with Gasteiger partial charge in [0.1, 0.15) is 6.04 Å². The topological polar surface area (TPSA) is 47.6 Å². The molecule has 1 saturated carbocycles. The van der Waals surface area contributed by atoms with Gasteiger partial charge in [-0.25, -0.2) is 0 Å². The minimum atomic E-state index is -0.323. The molecule has 1 atom stereocenters. The molecule has 0 aliphatic heterocycles. The smallest absolute Gasteiger partial charge is 0.322 e. The van der Waals surface area contributed by atoms with Crippen LogP contribution in [0, 0.1) is 0 Å². The third kappa shape index (κ3) is 5.91. The number of carbonyl (C=O) groups is 1. The average molecular weight is 271 g/mol. The predicted molar refractivity (Wildman–Crippen MR) is 76.1 cm³/mol. The van der Waals surface area contributed by atoms with Crippen LogP contribution in [0.3, 0.4) is 0 Å². The van der Waals surface area contributed by atoms with Gasteiger partial charge >= 0.3 is 5.97 Å². The lowest BCUT2D eigenvalue weighted by atomic mass is 9.97. The van der Waals surface area contributed by atoms with Gasteiger partial charge in [0, 0.05) is 19.6 Å². The fourth-order valence-electron chi connectivity index (χ4n) is 2.66. The normalized spacial score (nSPS) is 19.8. The average Bonchev–Trinajstić information content (AvgIpc) is 2.65. The molecule has 1 aliphatic carbocycles. The van der Waals surface area contributed by atoms with Crippen molar-refractivity contribution in [3.63, 3.8) is 0 Å². The number of esters is 1. The van der Waals surface area contributed by atoms with Gasteiger partial charge in [-0.1, -0.05) is 25.7 Å². The first-order chi connectivity index (χ1) is 8.98. The van der Waals surface area contributed by atoms with Crippen molar-refractivity contribution in [1.82, 2.24) is 5.32 Å². The van der Waals surface area contributed by atoms with E-state index >= 15 is 0 Å². The lowest BCUT2D eigenvalue weighted by Gasteiger charge is -2.30. The van der Waals surface area contributed by atoms with Crippen molar-refractivity contribution in [2.45, 2.75) is 76.5 Å². The minimum absolute atomic E-state index is 0.186. The van der Waals surface area contributed by atoms with Crippen LogP contribution in [0.5, 0.6) is 0 Å². The summed E-state index contributed by atoms with van der Waals surface area (Å²) in [5.74, 6) is -0.186. The second-order valence-electron chi connectivity index (χ2n) is 6.10. The number of carbonyl (C=O) groups excluding carboxylic acids is 1. The summed E-state index contributed by atoms with van der Waals surface area (Å²) in [6, 6.07) is 0.155. The molecule has 0 spiro atoms. The number of hydrogen-bond donors (Lipinski definition) is 1. The molecule has 0 saturated heterocycles. The Labute approximate surface area is 117 Å². The maximum atomic E-state index is 11.9. The largest absolute Gasteiger partial charge is 0.468 e. The van der Waals surface area contributed by atoms with Gasteiger partial charge in [-0.3, -0.25) is 4.79 Å². The lowest BCUT2D eigenvalue weighted by molar-refractivity contribution is -0.145. The first-order valence-corrected chi connectivity index (χ1v) is 7.37. The molecule has 1 rings (SSSR count). The number of rotatable bonds is 6. The van der Waals surface area contributed by atoms with E-state index in [2.05, 4.69) is 5.32 Å². The highest BCUT2D eigenvalue weighted by molar-refractivity contribution is 5.75. The molecule has 0 aromatic carbocycles. The summed E-state index contributed by atoms with van der Waals surface area (Å²) in [7, 11) is 3.13. The molecule has 112 valence electrons. The van der Waals surface area contributed by atoms with E-state index in [1.807, 2.05) is 13.8 Å². The van der Waals surface area contributed by atoms with Gasteiger partial charge in [-0.15, -0.1) is 0 Å². The summed E-state index contributed by atoms with van der Waals surface area (Å²) in [5.41, 5.74) is -0.323. The molecule has 0 amide bonds. The zero-order valence-electron chi connectivity index (χ0n) is 12.8. The molecule has 1 aliphatic rings. The van der Waals surface area contributed by atoms with Crippen LogP contribution >= 0.6 is 0 Å². The zero-order chi connectivity index (χ0) is 14.3. The second kappa shape index (κ2) is 7.85. The van der Waals surface area contributed by atoms with E-state index in [4.69, 9.17) is 9.47 Å². The van der Waals surface area contributed by atoms with Crippen LogP contribution in [0.15, 0.2) is 0 Å². The minimum Gasteiger partial charge on any atom is -0.468 e. The lowest BCUT2D eigenvalue weighted by Crippen LogP contribution is -2.47. The van der Waals surface area contributed by atoms with Crippen molar-refractivity contribution in [2.75, 3.05) is 14.2 Å². The van der Waals surface area contributed by atoms with Gasteiger partial charge in [0.05, 0.1) is 12.7 Å². The Bertz CT molecular complexity index is 271. The van der Waals surface area contributed by atoms with E-state index in [1.54, 1.807) is 7.11 Å². The molecule has 1 N–H and O–H groups in total. The number of ether oxygens (including phenoxy) is 2. The van der Waals surface area contributed by atoms with E-state index in [1.165, 1.54) is 32.8 Å². The maximum absolute atomic E-state index is 11.9. The number of methoxy groups -OCH3 is 2. The molecule has 4 nitrogen and oxygen atoms in total. The monoisotopic (exact) mass is 271 g/mol. The molecule has 4 heteroatoms. The summed E-state index contributed by atoms with van der Waals surface area (Å²) < 4.78 is 10.3. The number of hydrogen-bond acceptors (Lipinski definition) is 4. The Morgan fingerprint density at radius 2 is 1.79 bits per heavy atom. The first-order valence-electron chi connectivity index (χ1n) is 7.37. The van der Waals surface area contributed by atoms with E-state index in [0.717, 1.165) is 12.8 Å². The van der Waals surface area contributed by atoms with E-state index < -0.39 is 0 Å². The summed E-state index contributed by atoms with van der Waals surface area (Å²) in [6.45, 7) is 4.00. The van der Waals surface area contributed by atoms with Gasteiger partial charge in [-0.2, -0.15) is 0 Å². The Morgan fingerprint density at radius 3 is 2.26 bits per heavy atom. The van der Waals surface area contributed by atoms with Gasteiger partial charge in [-0.05, 0) is 26.7 Å². The standard InChI is InChI=1S/C15H29NO3/c1-15(2,19-4)11-13(14(17)18-3)16-12-9-7-5-6-8-10-12/h12-13,16H,5-11H2,1-4H3. The molecule has 0 bridgehead atoms. The Hall–Kier alpha value is -0.610. The molecule has 0 radical (unpaired) electrons. The van der Waals surface area contributed by atoms with Crippen molar-refractivity contribution in [1.29, 1.82) is 0 Å². The van der Waals surface area contributed by atoms with Gasteiger partial charge in [0.15, 0.2) is 0 Å². The van der Waals surface area contributed by atoms with Crippen LogP contribution in [0.1, 0.15) is 58.8 Å². The third-order valence-corrected chi connectivity index (χ3v) is 4.03. The molecule has 1 unspecified atom stereocenters. The fourth-order valence-corrected chi connectivity index (χ4v) is 2.66. The van der Waals surface area contributed by atoms with Crippen LogP contribution in [0.25, 0.3) is 0 Å². The van der Waals surface area contributed by atoms with E-state index in [9.17, 15) is 4.79 Å². The Kier molecular flexibility index (Phi) is 6.80. The fraction of sp³-hybridized carbons (Fsp3) is 0.933. The van der Waals surface area contributed by atoms with Gasteiger partial charge in [0.2, 0.25) is 0 Å². The molecular formula is C15H29NO3. The summed E-state index contributed by atoms with van der Waals surface area (Å²) in [5, 5.41) is 3.48. The maximum Gasteiger partial charge on any atom is 0.322 e. The Morgan fingerprint density at radius 1 is 1.21 bits per heavy atom. The molecular weight excluding hydrogens is 242 g/mol. The van der Waals surface area contributed by atoms with Crippen LogP contribution in [-0.4, -0.2) is 37.9 Å². The molecule has 0 aromatic rings. The van der Waals surface area contributed by atoms with Crippen molar-refractivity contribution in [3.05, 3.63) is 0 Å². The third-order valence-electron chi connectivity index (χ3n) is 4.03. The van der Waals surface area contributed by atoms with E-state index in [0.29, 0.717) is 12.5 Å². The van der Waals surface area contributed by atoms with Gasteiger partial charge in [0.25, 0.3) is 0 Å². The highest BCUT2D eigenvalue weighted by Crippen LogP contribution is 2.21. The molecule has 0 heterocycles. The van der Waals surface area contributed by atoms with Crippen LogP contribution in [0.2, 0.25) is 0 Å². The molecule has 0 aromatic heterocycles. The van der Waals surface area contributed by atoms with Gasteiger partial charge < -0.3 is 14.8 Å². The molecule has 19 heavy (non-hydrogen) atoms. The van der Waals surface area contributed by atoms with Crippen LogP contribution in [0.4, 0.5) is 0 Å². The number of nitrogens with one attached hydrogen (secondary N) is 1. The van der Waals surface area contributed by atoms with Crippen LogP contribution in [-0.2, 0) is 14.3 Å². The SMILES string of the molecule is COC(=O)C(CC(C)(C)OC)NC1CCCCCC1. The van der Waals surface area contributed by atoms with Crippen molar-refractivity contribution >= 4 is 5.97 Å². The highest BCUT2D eigenvalue weighted by atomic mass is 16.5. The summed E-state index contributed by atoms with van der Waals surface area (Å²) in [6.07, 6.45) is 8.06. The predicted octanol–water partition coefficient (Wildman–Crippen LogP) is 2.66. The summed E-state index contributed by atoms with van der Waals surface area (Å²) in [4.78, 5) is 11.9. The zero-order valence-corrected chi connectivity index (χ0v) is 12.8. The highest BCUT2D eigenvalue weighted by Gasteiger charge is 2.30. The van der Waals surface area contributed by atoms with Crippen LogP contribution < -0.4 is 5.32 Å². The van der Waals surface area contributed by atoms with E-state index in [-0.39, 0.29) is 17.6 Å².